The molecule has 3 N–H and O–H groups in total. The molecule has 6 nitrogen and oxygen atoms in total. The van der Waals surface area contributed by atoms with E-state index in [9.17, 15) is 19.8 Å². The highest BCUT2D eigenvalue weighted by Crippen LogP contribution is 2.17. The van der Waals surface area contributed by atoms with Crippen LogP contribution in [0.2, 0.25) is 0 Å². The van der Waals surface area contributed by atoms with Crippen LogP contribution in [0.15, 0.2) is 24.3 Å². The summed E-state index contributed by atoms with van der Waals surface area (Å²) in [6.07, 6.45) is 69.0. The molecule has 1 amide bonds. The van der Waals surface area contributed by atoms with Crippen LogP contribution < -0.4 is 5.32 Å². The van der Waals surface area contributed by atoms with Gasteiger partial charge in [-0.15, -0.1) is 0 Å². The van der Waals surface area contributed by atoms with Gasteiger partial charge in [0.2, 0.25) is 5.91 Å². The average molecular weight is 945 g/mol. The van der Waals surface area contributed by atoms with E-state index >= 15 is 0 Å². The average Bonchev–Trinajstić information content (AvgIpc) is 3.33. The molecule has 0 saturated carbocycles. The van der Waals surface area contributed by atoms with Crippen molar-refractivity contribution >= 4 is 11.9 Å². The standard InChI is InChI=1S/C61H117NO5/c1-3-5-7-9-11-13-15-29-33-37-41-45-49-53-59(64)58(57-63)62-60(65)54-50-46-42-38-34-31-27-25-23-21-19-17-18-20-22-24-26-28-32-36-40-44-48-52-56-67-61(66)55-51-47-43-39-35-30-16-14-12-10-8-6-4-2/h14,16,19,21,58-59,63-64H,3-13,15,17-18,20,22-57H2,1-2H3,(H,62,65)/b16-14-,21-19-. The Morgan fingerprint density at radius 1 is 0.403 bits per heavy atom. The summed E-state index contributed by atoms with van der Waals surface area (Å²) >= 11 is 0. The summed E-state index contributed by atoms with van der Waals surface area (Å²) in [5.41, 5.74) is 0. The molecule has 0 aromatic heterocycles. The quantitative estimate of drug-likeness (QED) is 0.0321. The summed E-state index contributed by atoms with van der Waals surface area (Å²) in [7, 11) is 0. The topological polar surface area (TPSA) is 95.9 Å². The molecule has 6 heteroatoms. The maximum atomic E-state index is 12.5. The van der Waals surface area contributed by atoms with E-state index < -0.39 is 12.1 Å². The van der Waals surface area contributed by atoms with Gasteiger partial charge in [-0.05, 0) is 77.0 Å². The van der Waals surface area contributed by atoms with Gasteiger partial charge in [-0.2, -0.15) is 0 Å². The van der Waals surface area contributed by atoms with Crippen LogP contribution in [0.5, 0.6) is 0 Å². The number of unbranched alkanes of at least 4 members (excludes halogenated alkanes) is 41. The SMILES string of the molecule is CCCCCC/C=C\CCCCCCCC(=O)OCCCCCCCCCCCCCC/C=C\CCCCCCCCCCC(=O)NC(CO)C(O)CCCCCCCCCCCCCCC. The fraction of sp³-hybridized carbons (Fsp3) is 0.902. The van der Waals surface area contributed by atoms with E-state index in [-0.39, 0.29) is 18.5 Å². The summed E-state index contributed by atoms with van der Waals surface area (Å²) in [4.78, 5) is 24.5. The lowest BCUT2D eigenvalue weighted by atomic mass is 10.0. The van der Waals surface area contributed by atoms with E-state index in [2.05, 4.69) is 43.5 Å². The number of esters is 1. The smallest absolute Gasteiger partial charge is 0.305 e. The Balaban J connectivity index is 3.40. The third-order valence-corrected chi connectivity index (χ3v) is 14.0. The Kier molecular flexibility index (Phi) is 55.5. The predicted molar refractivity (Wildman–Crippen MR) is 292 cm³/mol. The van der Waals surface area contributed by atoms with E-state index in [4.69, 9.17) is 4.74 Å². The number of rotatable bonds is 56. The molecule has 2 atom stereocenters. The van der Waals surface area contributed by atoms with Crippen molar-refractivity contribution in [2.45, 2.75) is 341 Å². The van der Waals surface area contributed by atoms with Crippen LogP contribution in [0.3, 0.4) is 0 Å². The molecular formula is C61H117NO5. The Morgan fingerprint density at radius 2 is 0.701 bits per heavy atom. The largest absolute Gasteiger partial charge is 0.466 e. The molecule has 0 aromatic carbocycles. The molecule has 0 spiro atoms. The van der Waals surface area contributed by atoms with Crippen molar-refractivity contribution in [2.75, 3.05) is 13.2 Å². The van der Waals surface area contributed by atoms with Gasteiger partial charge in [0.25, 0.3) is 0 Å². The minimum atomic E-state index is -0.666. The number of nitrogens with one attached hydrogen (secondary N) is 1. The van der Waals surface area contributed by atoms with Crippen LogP contribution >= 0.6 is 0 Å². The second kappa shape index (κ2) is 56.9. The Bertz CT molecular complexity index is 1040. The van der Waals surface area contributed by atoms with Gasteiger partial charge >= 0.3 is 5.97 Å². The van der Waals surface area contributed by atoms with Crippen molar-refractivity contribution in [1.82, 2.24) is 5.32 Å². The number of hydrogen-bond donors (Lipinski definition) is 3. The van der Waals surface area contributed by atoms with Crippen molar-refractivity contribution in [3.8, 4) is 0 Å². The molecule has 0 rings (SSSR count). The van der Waals surface area contributed by atoms with Crippen molar-refractivity contribution in [2.24, 2.45) is 0 Å². The molecular weight excluding hydrogens is 827 g/mol. The molecule has 0 saturated heterocycles. The van der Waals surface area contributed by atoms with Gasteiger partial charge in [0.05, 0.1) is 25.4 Å². The summed E-state index contributed by atoms with van der Waals surface area (Å²) in [6, 6.07) is -0.544. The number of hydrogen-bond acceptors (Lipinski definition) is 5. The highest BCUT2D eigenvalue weighted by atomic mass is 16.5. The third kappa shape index (κ3) is 53.5. The van der Waals surface area contributed by atoms with Crippen LogP contribution in [-0.4, -0.2) is 47.4 Å². The third-order valence-electron chi connectivity index (χ3n) is 14.0. The zero-order chi connectivity index (χ0) is 48.6. The van der Waals surface area contributed by atoms with Gasteiger partial charge in [-0.25, -0.2) is 0 Å². The molecule has 0 radical (unpaired) electrons. The minimum Gasteiger partial charge on any atom is -0.466 e. The van der Waals surface area contributed by atoms with Crippen LogP contribution in [0.1, 0.15) is 328 Å². The maximum absolute atomic E-state index is 12.5. The first-order valence-electron chi connectivity index (χ1n) is 30.1. The van der Waals surface area contributed by atoms with E-state index in [0.717, 1.165) is 44.9 Å². The molecule has 0 aliphatic carbocycles. The van der Waals surface area contributed by atoms with Crippen molar-refractivity contribution in [3.63, 3.8) is 0 Å². The fourth-order valence-electron chi connectivity index (χ4n) is 9.34. The van der Waals surface area contributed by atoms with E-state index in [1.807, 2.05) is 0 Å². The zero-order valence-electron chi connectivity index (χ0n) is 45.1. The highest BCUT2D eigenvalue weighted by Gasteiger charge is 2.20. The van der Waals surface area contributed by atoms with E-state index in [1.165, 1.54) is 250 Å². The first kappa shape index (κ1) is 65.3. The van der Waals surface area contributed by atoms with Crippen molar-refractivity contribution in [1.29, 1.82) is 0 Å². The molecule has 0 aromatic rings. The minimum absolute atomic E-state index is 0.00338. The Morgan fingerprint density at radius 3 is 1.07 bits per heavy atom. The second-order valence-corrected chi connectivity index (χ2v) is 20.7. The molecule has 2 unspecified atom stereocenters. The lowest BCUT2D eigenvalue weighted by Crippen LogP contribution is -2.45. The summed E-state index contributed by atoms with van der Waals surface area (Å²) < 4.78 is 5.47. The number of carbonyl (C=O) groups is 2. The van der Waals surface area contributed by atoms with Gasteiger partial charge in [-0.3, -0.25) is 9.59 Å². The number of amides is 1. The summed E-state index contributed by atoms with van der Waals surface area (Å²) in [6.45, 7) is 4.94. The van der Waals surface area contributed by atoms with Crippen LogP contribution in [0, 0.1) is 0 Å². The Hall–Kier alpha value is -1.66. The van der Waals surface area contributed by atoms with Crippen molar-refractivity contribution in [3.05, 3.63) is 24.3 Å². The molecule has 0 aliphatic rings. The summed E-state index contributed by atoms with van der Waals surface area (Å²) in [5, 5.41) is 23.2. The van der Waals surface area contributed by atoms with Crippen molar-refractivity contribution < 1.29 is 24.5 Å². The number of aliphatic hydroxyl groups excluding tert-OH is 2. The van der Waals surface area contributed by atoms with E-state index in [1.54, 1.807) is 0 Å². The number of carbonyl (C=O) groups excluding carboxylic acids is 2. The molecule has 0 fully saturated rings. The molecule has 0 aliphatic heterocycles. The number of ether oxygens (including phenoxy) is 1. The molecule has 0 heterocycles. The fourth-order valence-corrected chi connectivity index (χ4v) is 9.34. The first-order valence-corrected chi connectivity index (χ1v) is 30.1. The van der Waals surface area contributed by atoms with Gasteiger partial charge in [0.1, 0.15) is 0 Å². The monoisotopic (exact) mass is 944 g/mol. The van der Waals surface area contributed by atoms with Gasteiger partial charge < -0.3 is 20.3 Å². The van der Waals surface area contributed by atoms with Crippen LogP contribution in [0.4, 0.5) is 0 Å². The van der Waals surface area contributed by atoms with Gasteiger partial charge in [-0.1, -0.05) is 263 Å². The lowest BCUT2D eigenvalue weighted by Gasteiger charge is -2.22. The Labute approximate surface area is 418 Å². The molecule has 67 heavy (non-hydrogen) atoms. The normalized spacial score (nSPS) is 12.7. The summed E-state index contributed by atoms with van der Waals surface area (Å²) in [5.74, 6) is -0.0354. The number of aliphatic hydroxyl groups is 2. The van der Waals surface area contributed by atoms with E-state index in [0.29, 0.717) is 25.9 Å². The second-order valence-electron chi connectivity index (χ2n) is 20.7. The van der Waals surface area contributed by atoms with Gasteiger partial charge in [0, 0.05) is 12.8 Å². The van der Waals surface area contributed by atoms with Crippen LogP contribution in [-0.2, 0) is 14.3 Å². The maximum Gasteiger partial charge on any atom is 0.305 e. The van der Waals surface area contributed by atoms with Gasteiger partial charge in [0.15, 0.2) is 0 Å². The lowest BCUT2D eigenvalue weighted by molar-refractivity contribution is -0.143. The van der Waals surface area contributed by atoms with Crippen LogP contribution in [0.25, 0.3) is 0 Å². The highest BCUT2D eigenvalue weighted by molar-refractivity contribution is 5.76. The first-order chi connectivity index (χ1) is 33.0. The number of allylic oxidation sites excluding steroid dienone is 4. The zero-order valence-corrected chi connectivity index (χ0v) is 45.1. The molecule has 0 bridgehead atoms. The molecule has 396 valence electrons. The predicted octanol–water partition coefficient (Wildman–Crippen LogP) is 18.6.